The molecule has 0 aromatic rings. The fourth-order valence-electron chi connectivity index (χ4n) is 0.282. The number of rotatable bonds is 2. The minimum atomic E-state index is 0.563. The zero-order valence-corrected chi connectivity index (χ0v) is 5.89. The van der Waals surface area contributed by atoms with Crippen LogP contribution in [0.3, 0.4) is 0 Å². The highest BCUT2D eigenvalue weighted by Crippen LogP contribution is 1.88. The van der Waals surface area contributed by atoms with Crippen LogP contribution in [0.1, 0.15) is 13.8 Å². The molecule has 2 heteroatoms. The van der Waals surface area contributed by atoms with Crippen LogP contribution in [0.5, 0.6) is 0 Å². The van der Waals surface area contributed by atoms with E-state index < -0.39 is 0 Å². The first-order chi connectivity index (χ1) is 4.13. The maximum atomic E-state index is 5.25. The molecule has 0 fully saturated rings. The lowest BCUT2D eigenvalue weighted by Gasteiger charge is -1.83. The van der Waals surface area contributed by atoms with Crippen LogP contribution in [-0.4, -0.2) is 5.84 Å². The first-order valence-electron chi connectivity index (χ1n) is 2.75. The molecule has 0 radical (unpaired) electrons. The number of nitrogens with two attached hydrogens (primary N) is 1. The number of hydrogen-bond donors (Lipinski definition) is 1. The Hall–Kier alpha value is -1.05. The van der Waals surface area contributed by atoms with Crippen molar-refractivity contribution in [3.8, 4) is 0 Å². The molecular formula is C7H12N2. The second kappa shape index (κ2) is 3.89. The molecule has 0 bridgehead atoms. The smallest absolute Gasteiger partial charge is 0.0957 e. The number of allylic oxidation sites excluding steroid dienone is 2. The Bertz CT molecular complexity index is 150. The largest absolute Gasteiger partial charge is 0.387 e. The van der Waals surface area contributed by atoms with Gasteiger partial charge in [0.25, 0.3) is 0 Å². The van der Waals surface area contributed by atoms with Gasteiger partial charge in [0.15, 0.2) is 0 Å². The number of hydrogen-bond acceptors (Lipinski definition) is 1. The number of nitrogens with zero attached hydrogens (tertiary/aromatic N) is 1. The predicted octanol–water partition coefficient (Wildman–Crippen LogP) is 1.45. The van der Waals surface area contributed by atoms with Crippen LogP contribution in [0.25, 0.3) is 0 Å². The van der Waals surface area contributed by atoms with Crippen molar-refractivity contribution in [2.24, 2.45) is 10.7 Å². The van der Waals surface area contributed by atoms with E-state index in [4.69, 9.17) is 5.73 Å². The van der Waals surface area contributed by atoms with Gasteiger partial charge in [-0.05, 0) is 19.9 Å². The third kappa shape index (κ3) is 6.95. The molecular weight excluding hydrogens is 112 g/mol. The van der Waals surface area contributed by atoms with Gasteiger partial charge in [-0.1, -0.05) is 12.2 Å². The zero-order valence-electron chi connectivity index (χ0n) is 5.89. The van der Waals surface area contributed by atoms with Crippen molar-refractivity contribution in [3.63, 3.8) is 0 Å². The van der Waals surface area contributed by atoms with Crippen molar-refractivity contribution in [3.05, 3.63) is 24.4 Å². The highest BCUT2D eigenvalue weighted by molar-refractivity contribution is 5.77. The van der Waals surface area contributed by atoms with E-state index in [-0.39, 0.29) is 0 Å². The van der Waals surface area contributed by atoms with Crippen LogP contribution in [0.4, 0.5) is 0 Å². The first kappa shape index (κ1) is 7.95. The van der Waals surface area contributed by atoms with Crippen LogP contribution in [0, 0.1) is 0 Å². The van der Waals surface area contributed by atoms with Gasteiger partial charge < -0.3 is 5.73 Å². The summed E-state index contributed by atoms with van der Waals surface area (Å²) in [6, 6.07) is 0. The Balaban J connectivity index is 3.74. The molecule has 0 amide bonds. The van der Waals surface area contributed by atoms with E-state index in [2.05, 4.69) is 11.6 Å². The van der Waals surface area contributed by atoms with Crippen LogP contribution in [0.15, 0.2) is 29.4 Å². The third-order valence-corrected chi connectivity index (χ3v) is 0.637. The first-order valence-corrected chi connectivity index (χ1v) is 2.75. The lowest BCUT2D eigenvalue weighted by Crippen LogP contribution is -2.03. The summed E-state index contributed by atoms with van der Waals surface area (Å²) < 4.78 is 0. The summed E-state index contributed by atoms with van der Waals surface area (Å²) in [7, 11) is 0. The molecule has 0 spiro atoms. The van der Waals surface area contributed by atoms with E-state index in [1.165, 1.54) is 0 Å². The van der Waals surface area contributed by atoms with Crippen molar-refractivity contribution in [2.45, 2.75) is 13.8 Å². The summed E-state index contributed by atoms with van der Waals surface area (Å²) in [5, 5.41) is 0. The molecule has 0 atom stereocenters. The fraction of sp³-hybridized carbons (Fsp3) is 0.286. The maximum absolute atomic E-state index is 5.25. The van der Waals surface area contributed by atoms with Gasteiger partial charge in [-0.15, -0.1) is 0 Å². The minimum Gasteiger partial charge on any atom is -0.387 e. The average Bonchev–Trinajstić information content (AvgIpc) is 1.63. The molecule has 0 aromatic carbocycles. The zero-order chi connectivity index (χ0) is 7.28. The van der Waals surface area contributed by atoms with Crippen molar-refractivity contribution < 1.29 is 0 Å². The Labute approximate surface area is 55.8 Å². The predicted molar refractivity (Wildman–Crippen MR) is 41.3 cm³/mol. The number of aliphatic imine (C=N–C) groups is 1. The SMILES string of the molecule is C=C(C)/C=C\N=C(C)N. The highest BCUT2D eigenvalue weighted by atomic mass is 14.8. The second-order valence-electron chi connectivity index (χ2n) is 1.93. The van der Waals surface area contributed by atoms with Crippen LogP contribution < -0.4 is 5.73 Å². The molecule has 2 nitrogen and oxygen atoms in total. The van der Waals surface area contributed by atoms with E-state index in [9.17, 15) is 0 Å². The van der Waals surface area contributed by atoms with Gasteiger partial charge in [-0.3, -0.25) is 0 Å². The molecule has 0 saturated carbocycles. The summed E-state index contributed by atoms with van der Waals surface area (Å²) >= 11 is 0. The molecule has 0 aliphatic rings. The van der Waals surface area contributed by atoms with Gasteiger partial charge in [-0.25, -0.2) is 4.99 Å². The van der Waals surface area contributed by atoms with Crippen molar-refractivity contribution >= 4 is 5.84 Å². The molecule has 50 valence electrons. The van der Waals surface area contributed by atoms with Gasteiger partial charge >= 0.3 is 0 Å². The summed E-state index contributed by atoms with van der Waals surface area (Å²) in [5.41, 5.74) is 6.22. The maximum Gasteiger partial charge on any atom is 0.0957 e. The van der Waals surface area contributed by atoms with E-state index in [1.807, 2.05) is 6.92 Å². The molecule has 9 heavy (non-hydrogen) atoms. The normalized spacial score (nSPS) is 12.4. The van der Waals surface area contributed by atoms with Gasteiger partial charge in [0.1, 0.15) is 0 Å². The van der Waals surface area contributed by atoms with Gasteiger partial charge in [-0.2, -0.15) is 0 Å². The lowest BCUT2D eigenvalue weighted by atomic mass is 10.3. The average molecular weight is 124 g/mol. The van der Waals surface area contributed by atoms with Crippen molar-refractivity contribution in [2.75, 3.05) is 0 Å². The summed E-state index contributed by atoms with van der Waals surface area (Å²) in [6.45, 7) is 7.29. The van der Waals surface area contributed by atoms with Crippen molar-refractivity contribution in [1.82, 2.24) is 0 Å². The topological polar surface area (TPSA) is 38.4 Å². The van der Waals surface area contributed by atoms with Gasteiger partial charge in [0, 0.05) is 6.20 Å². The van der Waals surface area contributed by atoms with E-state index in [1.54, 1.807) is 19.2 Å². The Morgan fingerprint density at radius 2 is 2.11 bits per heavy atom. The standard InChI is InChI=1S/C7H12N2/c1-6(2)4-5-9-7(3)8/h4-5H,1H2,2-3H3,(H2,8,9)/b5-4-. The summed E-state index contributed by atoms with van der Waals surface area (Å²) in [5.74, 6) is 0.563. The monoisotopic (exact) mass is 124 g/mol. The second-order valence-corrected chi connectivity index (χ2v) is 1.93. The van der Waals surface area contributed by atoms with Gasteiger partial charge in [0.2, 0.25) is 0 Å². The van der Waals surface area contributed by atoms with Crippen LogP contribution in [-0.2, 0) is 0 Å². The highest BCUT2D eigenvalue weighted by Gasteiger charge is 1.72. The molecule has 0 unspecified atom stereocenters. The molecule has 0 saturated heterocycles. The fourth-order valence-corrected chi connectivity index (χ4v) is 0.282. The van der Waals surface area contributed by atoms with Crippen LogP contribution in [0.2, 0.25) is 0 Å². The lowest BCUT2D eigenvalue weighted by molar-refractivity contribution is 1.44. The third-order valence-electron chi connectivity index (χ3n) is 0.637. The summed E-state index contributed by atoms with van der Waals surface area (Å²) in [6.07, 6.45) is 3.44. The number of amidine groups is 1. The van der Waals surface area contributed by atoms with Crippen molar-refractivity contribution in [1.29, 1.82) is 0 Å². The van der Waals surface area contributed by atoms with Crippen LogP contribution >= 0.6 is 0 Å². The van der Waals surface area contributed by atoms with E-state index in [0.29, 0.717) is 5.84 Å². The molecule has 0 rings (SSSR count). The Morgan fingerprint density at radius 1 is 1.56 bits per heavy atom. The molecule has 0 aliphatic carbocycles. The molecule has 2 N–H and O–H groups in total. The van der Waals surface area contributed by atoms with Gasteiger partial charge in [0.05, 0.1) is 5.84 Å². The minimum absolute atomic E-state index is 0.563. The van der Waals surface area contributed by atoms with E-state index >= 15 is 0 Å². The Kier molecular flexibility index (Phi) is 3.44. The summed E-state index contributed by atoms with van der Waals surface area (Å²) in [4.78, 5) is 3.82. The molecule has 0 aliphatic heterocycles. The molecule has 0 aromatic heterocycles. The quantitative estimate of drug-likeness (QED) is 0.338. The molecule has 0 heterocycles. The van der Waals surface area contributed by atoms with E-state index in [0.717, 1.165) is 5.57 Å². The Morgan fingerprint density at radius 3 is 2.44 bits per heavy atom.